The maximum atomic E-state index is 12.8. The van der Waals surface area contributed by atoms with E-state index in [4.69, 9.17) is 0 Å². The second kappa shape index (κ2) is 5.35. The van der Waals surface area contributed by atoms with E-state index in [2.05, 4.69) is 27.9 Å². The Morgan fingerprint density at radius 1 is 1.25 bits per heavy atom. The number of anilines is 1. The number of nitrogens with one attached hydrogen (secondary N) is 1. The Labute approximate surface area is 133 Å². The van der Waals surface area contributed by atoms with E-state index < -0.39 is 11.6 Å². The van der Waals surface area contributed by atoms with Crippen LogP contribution in [-0.2, 0) is 9.59 Å². The topological polar surface area (TPSA) is 49.4 Å². The number of nitrogens with zero attached hydrogens (tertiary/aromatic N) is 1. The fraction of sp³-hybridized carbons (Fsp3) is 0.467. The number of hydrogen-bond acceptors (Lipinski definition) is 2. The van der Waals surface area contributed by atoms with Crippen LogP contribution >= 0.6 is 22.6 Å². The molecule has 0 bridgehead atoms. The molecule has 1 aromatic carbocycles. The summed E-state index contributed by atoms with van der Waals surface area (Å²) in [5, 5.41) is 2.82. The molecule has 1 fully saturated rings. The molecule has 4 nitrogen and oxygen atoms in total. The zero-order valence-corrected chi connectivity index (χ0v) is 14.3. The Hall–Kier alpha value is -1.11. The van der Waals surface area contributed by atoms with Crippen LogP contribution in [0.25, 0.3) is 0 Å². The number of hydrogen-bond donors (Lipinski definition) is 1. The van der Waals surface area contributed by atoms with Crippen LogP contribution in [0.15, 0.2) is 24.3 Å². The number of rotatable bonds is 2. The normalized spacial score (nSPS) is 22.1. The summed E-state index contributed by atoms with van der Waals surface area (Å²) in [6.07, 6.45) is 0. The SMILES string of the molecule is CC(C)C1C(=O)NC(C)(C)C(=O)N1c1ccccc1I. The minimum absolute atomic E-state index is 0.0473. The number of piperazine rings is 1. The third-order valence-electron chi connectivity index (χ3n) is 3.48. The molecular formula is C15H19IN2O2. The van der Waals surface area contributed by atoms with E-state index in [0.29, 0.717) is 0 Å². The smallest absolute Gasteiger partial charge is 0.252 e. The zero-order valence-electron chi connectivity index (χ0n) is 12.1. The van der Waals surface area contributed by atoms with Crippen LogP contribution in [0.4, 0.5) is 5.69 Å². The summed E-state index contributed by atoms with van der Waals surface area (Å²) in [7, 11) is 0. The van der Waals surface area contributed by atoms with E-state index in [-0.39, 0.29) is 17.7 Å². The molecule has 0 aromatic heterocycles. The highest BCUT2D eigenvalue weighted by Gasteiger charge is 2.47. The van der Waals surface area contributed by atoms with Gasteiger partial charge < -0.3 is 5.32 Å². The van der Waals surface area contributed by atoms with Crippen molar-refractivity contribution < 1.29 is 9.59 Å². The van der Waals surface area contributed by atoms with Crippen LogP contribution in [0.3, 0.4) is 0 Å². The summed E-state index contributed by atoms with van der Waals surface area (Å²) < 4.78 is 0.967. The van der Waals surface area contributed by atoms with Crippen molar-refractivity contribution in [1.29, 1.82) is 0 Å². The molecule has 1 saturated heterocycles. The van der Waals surface area contributed by atoms with Gasteiger partial charge >= 0.3 is 0 Å². The predicted molar refractivity (Wildman–Crippen MR) is 87.5 cm³/mol. The van der Waals surface area contributed by atoms with Gasteiger partial charge in [-0.2, -0.15) is 0 Å². The second-order valence-corrected chi connectivity index (χ2v) is 7.09. The fourth-order valence-corrected chi connectivity index (χ4v) is 3.13. The molecule has 108 valence electrons. The number of carbonyl (C=O) groups is 2. The van der Waals surface area contributed by atoms with E-state index in [1.807, 2.05) is 38.1 Å². The van der Waals surface area contributed by atoms with Crippen molar-refractivity contribution in [2.75, 3.05) is 4.90 Å². The molecule has 1 heterocycles. The quantitative estimate of drug-likeness (QED) is 0.795. The fourth-order valence-electron chi connectivity index (χ4n) is 2.49. The van der Waals surface area contributed by atoms with E-state index in [0.717, 1.165) is 9.26 Å². The monoisotopic (exact) mass is 386 g/mol. The van der Waals surface area contributed by atoms with Crippen molar-refractivity contribution in [3.8, 4) is 0 Å². The lowest BCUT2D eigenvalue weighted by molar-refractivity contribution is -0.138. The van der Waals surface area contributed by atoms with Crippen molar-refractivity contribution in [2.45, 2.75) is 39.3 Å². The largest absolute Gasteiger partial charge is 0.340 e. The summed E-state index contributed by atoms with van der Waals surface area (Å²) in [5.74, 6) is -0.116. The Balaban J connectivity index is 2.57. The first kappa shape index (κ1) is 15.3. The standard InChI is InChI=1S/C15H19IN2O2/c1-9(2)12-13(19)17-15(3,4)14(20)18(12)11-8-6-5-7-10(11)16/h5-9,12H,1-4H3,(H,17,19). The molecule has 2 amide bonds. The van der Waals surface area contributed by atoms with Crippen molar-refractivity contribution in [3.05, 3.63) is 27.8 Å². The van der Waals surface area contributed by atoms with Gasteiger partial charge in [-0.05, 0) is 54.5 Å². The van der Waals surface area contributed by atoms with E-state index in [1.165, 1.54) is 0 Å². The maximum Gasteiger partial charge on any atom is 0.252 e. The zero-order chi connectivity index (χ0) is 15.1. The molecule has 0 radical (unpaired) electrons. The Kier molecular flexibility index (Phi) is 4.09. The first-order valence-electron chi connectivity index (χ1n) is 6.66. The van der Waals surface area contributed by atoms with Gasteiger partial charge in [0.05, 0.1) is 5.69 Å². The number of amides is 2. The summed E-state index contributed by atoms with van der Waals surface area (Å²) in [6.45, 7) is 7.40. The van der Waals surface area contributed by atoms with Gasteiger partial charge in [-0.25, -0.2) is 0 Å². The molecular weight excluding hydrogens is 367 g/mol. The predicted octanol–water partition coefficient (Wildman–Crippen LogP) is 2.56. The lowest BCUT2D eigenvalue weighted by atomic mass is 9.91. The summed E-state index contributed by atoms with van der Waals surface area (Å²) in [4.78, 5) is 26.8. The first-order chi connectivity index (χ1) is 9.25. The molecule has 0 aliphatic carbocycles. The molecule has 0 spiro atoms. The maximum absolute atomic E-state index is 12.8. The Bertz CT molecular complexity index is 555. The third-order valence-corrected chi connectivity index (χ3v) is 4.39. The Morgan fingerprint density at radius 3 is 2.40 bits per heavy atom. The molecule has 1 aliphatic rings. The average molecular weight is 386 g/mol. The molecule has 5 heteroatoms. The van der Waals surface area contributed by atoms with E-state index in [9.17, 15) is 9.59 Å². The van der Waals surface area contributed by atoms with Crippen LogP contribution in [0.5, 0.6) is 0 Å². The van der Waals surface area contributed by atoms with Crippen molar-refractivity contribution in [3.63, 3.8) is 0 Å². The van der Waals surface area contributed by atoms with Crippen molar-refractivity contribution in [1.82, 2.24) is 5.32 Å². The molecule has 1 atom stereocenters. The summed E-state index contributed by atoms with van der Waals surface area (Å²) >= 11 is 2.20. The highest BCUT2D eigenvalue weighted by molar-refractivity contribution is 14.1. The van der Waals surface area contributed by atoms with Gasteiger partial charge in [0.25, 0.3) is 5.91 Å². The van der Waals surface area contributed by atoms with Gasteiger partial charge in [-0.1, -0.05) is 26.0 Å². The van der Waals surface area contributed by atoms with Gasteiger partial charge in [-0.15, -0.1) is 0 Å². The van der Waals surface area contributed by atoms with Gasteiger partial charge in [0.1, 0.15) is 11.6 Å². The second-order valence-electron chi connectivity index (χ2n) is 5.93. The lowest BCUT2D eigenvalue weighted by Gasteiger charge is -2.44. The lowest BCUT2D eigenvalue weighted by Crippen LogP contribution is -2.69. The van der Waals surface area contributed by atoms with Gasteiger partial charge in [-0.3, -0.25) is 14.5 Å². The number of halogens is 1. The van der Waals surface area contributed by atoms with Gasteiger partial charge in [0.2, 0.25) is 5.91 Å². The highest BCUT2D eigenvalue weighted by atomic mass is 127. The minimum Gasteiger partial charge on any atom is -0.340 e. The van der Waals surface area contributed by atoms with Crippen molar-refractivity contribution in [2.24, 2.45) is 5.92 Å². The average Bonchev–Trinajstić information content (AvgIpc) is 2.33. The highest BCUT2D eigenvalue weighted by Crippen LogP contribution is 2.31. The molecule has 20 heavy (non-hydrogen) atoms. The molecule has 1 N–H and O–H groups in total. The Morgan fingerprint density at radius 2 is 1.85 bits per heavy atom. The van der Waals surface area contributed by atoms with Crippen LogP contribution in [0, 0.1) is 9.49 Å². The number of benzene rings is 1. The minimum atomic E-state index is -0.874. The molecule has 0 saturated carbocycles. The van der Waals surface area contributed by atoms with Gasteiger partial charge in [0.15, 0.2) is 0 Å². The van der Waals surface area contributed by atoms with Crippen LogP contribution < -0.4 is 10.2 Å². The molecule has 1 unspecified atom stereocenters. The van der Waals surface area contributed by atoms with Gasteiger partial charge in [0, 0.05) is 3.57 Å². The van der Waals surface area contributed by atoms with Crippen LogP contribution in [-0.4, -0.2) is 23.4 Å². The third kappa shape index (κ3) is 2.55. The number of carbonyl (C=O) groups excluding carboxylic acids is 2. The summed E-state index contributed by atoms with van der Waals surface area (Å²) in [6, 6.07) is 7.19. The van der Waals surface area contributed by atoms with Crippen LogP contribution in [0.1, 0.15) is 27.7 Å². The summed E-state index contributed by atoms with van der Waals surface area (Å²) in [5.41, 5.74) is -0.0683. The van der Waals surface area contributed by atoms with Crippen molar-refractivity contribution >= 4 is 40.1 Å². The van der Waals surface area contributed by atoms with Crippen LogP contribution in [0.2, 0.25) is 0 Å². The number of para-hydroxylation sites is 1. The molecule has 2 rings (SSSR count). The molecule has 1 aromatic rings. The molecule has 1 aliphatic heterocycles. The first-order valence-corrected chi connectivity index (χ1v) is 7.74. The van der Waals surface area contributed by atoms with E-state index in [1.54, 1.807) is 18.7 Å². The van der Waals surface area contributed by atoms with E-state index >= 15 is 0 Å².